The van der Waals surface area contributed by atoms with Gasteiger partial charge in [0.25, 0.3) is 0 Å². The summed E-state index contributed by atoms with van der Waals surface area (Å²) in [4.78, 5) is 25.7. The number of piperazine rings is 1. The molecule has 3 heterocycles. The average Bonchev–Trinajstić information content (AvgIpc) is 3.03. The Hall–Kier alpha value is -2.87. The smallest absolute Gasteiger partial charge is 0.234 e. The summed E-state index contributed by atoms with van der Waals surface area (Å²) in [5, 5.41) is 3.23. The maximum absolute atomic E-state index is 12.9. The third kappa shape index (κ3) is 5.44. The molecule has 1 N–H and O–H groups in total. The van der Waals surface area contributed by atoms with Gasteiger partial charge in [0, 0.05) is 45.0 Å². The van der Waals surface area contributed by atoms with Crippen molar-refractivity contribution in [2.45, 2.75) is 26.3 Å². The Labute approximate surface area is 183 Å². The number of nitrogens with one attached hydrogen (secondary N) is 1. The summed E-state index contributed by atoms with van der Waals surface area (Å²) < 4.78 is 11.6. The summed E-state index contributed by atoms with van der Waals surface area (Å²) in [6.45, 7) is 9.25. The lowest BCUT2D eigenvalue weighted by Gasteiger charge is -2.35. The van der Waals surface area contributed by atoms with Crippen molar-refractivity contribution in [2.75, 3.05) is 50.8 Å². The van der Waals surface area contributed by atoms with E-state index in [1.54, 1.807) is 18.6 Å². The number of carbonyl (C=O) groups excluding carboxylic acids is 1. The Balaban J connectivity index is 1.34. The minimum atomic E-state index is -0.0782. The fourth-order valence-electron chi connectivity index (χ4n) is 4.02. The molecule has 2 aliphatic rings. The van der Waals surface area contributed by atoms with Crippen LogP contribution in [0.2, 0.25) is 0 Å². The lowest BCUT2D eigenvalue weighted by atomic mass is 9.95. The Morgan fingerprint density at radius 1 is 1.10 bits per heavy atom. The predicted molar refractivity (Wildman–Crippen MR) is 118 cm³/mol. The van der Waals surface area contributed by atoms with Crippen molar-refractivity contribution in [3.63, 3.8) is 0 Å². The number of aromatic nitrogens is 2. The van der Waals surface area contributed by atoms with E-state index in [9.17, 15) is 4.79 Å². The van der Waals surface area contributed by atoms with Crippen LogP contribution in [0.15, 0.2) is 36.8 Å². The largest absolute Gasteiger partial charge is 0.490 e. The van der Waals surface area contributed by atoms with Crippen LogP contribution in [0.1, 0.15) is 31.9 Å². The van der Waals surface area contributed by atoms with Gasteiger partial charge in [-0.05, 0) is 23.6 Å². The minimum absolute atomic E-state index is 0.0405. The van der Waals surface area contributed by atoms with Crippen molar-refractivity contribution < 1.29 is 14.3 Å². The van der Waals surface area contributed by atoms with Crippen LogP contribution in [0.3, 0.4) is 0 Å². The van der Waals surface area contributed by atoms with Gasteiger partial charge in [-0.15, -0.1) is 0 Å². The summed E-state index contributed by atoms with van der Waals surface area (Å²) in [5.41, 5.74) is 1.04. The number of nitrogens with zero attached hydrogens (tertiary/aromatic N) is 4. The molecule has 1 fully saturated rings. The molecule has 0 saturated carbocycles. The topological polar surface area (TPSA) is 79.8 Å². The fourth-order valence-corrected chi connectivity index (χ4v) is 4.02. The van der Waals surface area contributed by atoms with Crippen molar-refractivity contribution >= 4 is 11.7 Å². The van der Waals surface area contributed by atoms with Crippen LogP contribution in [-0.4, -0.2) is 66.7 Å². The first-order valence-electron chi connectivity index (χ1n) is 11.0. The normalized spacial score (nSPS) is 17.8. The summed E-state index contributed by atoms with van der Waals surface area (Å²) in [6.07, 6.45) is 6.04. The van der Waals surface area contributed by atoms with Crippen LogP contribution in [0, 0.1) is 5.92 Å². The number of anilines is 1. The number of rotatable bonds is 6. The molecule has 0 spiro atoms. The van der Waals surface area contributed by atoms with E-state index in [4.69, 9.17) is 9.47 Å². The minimum Gasteiger partial charge on any atom is -0.490 e. The lowest BCUT2D eigenvalue weighted by molar-refractivity contribution is -0.123. The Morgan fingerprint density at radius 3 is 2.58 bits per heavy atom. The van der Waals surface area contributed by atoms with Gasteiger partial charge in [0.05, 0.1) is 32.0 Å². The molecular weight excluding hydrogens is 394 g/mol. The van der Waals surface area contributed by atoms with Gasteiger partial charge in [0.15, 0.2) is 11.5 Å². The van der Waals surface area contributed by atoms with E-state index >= 15 is 0 Å². The predicted octanol–water partition coefficient (Wildman–Crippen LogP) is 2.27. The fraction of sp³-hybridized carbons (Fsp3) is 0.522. The second kappa shape index (κ2) is 9.96. The first-order valence-corrected chi connectivity index (χ1v) is 11.0. The third-order valence-corrected chi connectivity index (χ3v) is 5.73. The summed E-state index contributed by atoms with van der Waals surface area (Å²) in [5.74, 6) is 2.72. The Morgan fingerprint density at radius 2 is 1.87 bits per heavy atom. The van der Waals surface area contributed by atoms with Crippen molar-refractivity contribution in [2.24, 2.45) is 5.92 Å². The monoisotopic (exact) mass is 425 g/mol. The number of hydrogen-bond donors (Lipinski definition) is 1. The zero-order valence-corrected chi connectivity index (χ0v) is 18.3. The molecule has 2 aromatic rings. The molecule has 1 unspecified atom stereocenters. The van der Waals surface area contributed by atoms with E-state index in [0.29, 0.717) is 19.8 Å². The van der Waals surface area contributed by atoms with Gasteiger partial charge in [-0.2, -0.15) is 0 Å². The van der Waals surface area contributed by atoms with Gasteiger partial charge in [-0.3, -0.25) is 14.7 Å². The molecular formula is C23H31N5O3. The van der Waals surface area contributed by atoms with Crippen LogP contribution in [-0.2, 0) is 4.79 Å². The highest BCUT2D eigenvalue weighted by Gasteiger charge is 2.24. The molecule has 1 saturated heterocycles. The molecule has 0 aliphatic carbocycles. The van der Waals surface area contributed by atoms with Crippen LogP contribution < -0.4 is 19.7 Å². The molecule has 1 aromatic carbocycles. The molecule has 2 aliphatic heterocycles. The molecule has 0 bridgehead atoms. The van der Waals surface area contributed by atoms with Crippen molar-refractivity contribution in [1.82, 2.24) is 20.2 Å². The van der Waals surface area contributed by atoms with E-state index in [1.165, 1.54) is 0 Å². The number of hydrogen-bond acceptors (Lipinski definition) is 7. The Kier molecular flexibility index (Phi) is 6.86. The first kappa shape index (κ1) is 21.4. The van der Waals surface area contributed by atoms with Gasteiger partial charge < -0.3 is 19.7 Å². The first-order chi connectivity index (χ1) is 15.1. The lowest BCUT2D eigenvalue weighted by Crippen LogP contribution is -2.50. The molecule has 4 rings (SSSR count). The zero-order valence-electron chi connectivity index (χ0n) is 18.3. The van der Waals surface area contributed by atoms with E-state index in [1.807, 2.05) is 18.2 Å². The molecule has 1 atom stereocenters. The van der Waals surface area contributed by atoms with Crippen LogP contribution in [0.5, 0.6) is 11.5 Å². The van der Waals surface area contributed by atoms with Crippen LogP contribution in [0.4, 0.5) is 5.82 Å². The second-order valence-corrected chi connectivity index (χ2v) is 8.37. The van der Waals surface area contributed by atoms with Crippen molar-refractivity contribution in [3.05, 3.63) is 42.4 Å². The highest BCUT2D eigenvalue weighted by molar-refractivity contribution is 5.78. The maximum Gasteiger partial charge on any atom is 0.234 e. The molecule has 31 heavy (non-hydrogen) atoms. The molecule has 8 heteroatoms. The number of carbonyl (C=O) groups is 1. The number of fused-ring (bicyclic) bond motifs is 1. The van der Waals surface area contributed by atoms with Crippen molar-refractivity contribution in [1.29, 1.82) is 0 Å². The highest BCUT2D eigenvalue weighted by Crippen LogP contribution is 2.34. The van der Waals surface area contributed by atoms with Gasteiger partial charge in [-0.1, -0.05) is 19.9 Å². The van der Waals surface area contributed by atoms with Gasteiger partial charge >= 0.3 is 0 Å². The average molecular weight is 426 g/mol. The van der Waals surface area contributed by atoms with Gasteiger partial charge in [0.1, 0.15) is 5.82 Å². The van der Waals surface area contributed by atoms with Crippen LogP contribution in [0.25, 0.3) is 0 Å². The second-order valence-electron chi connectivity index (χ2n) is 8.37. The molecule has 166 valence electrons. The Bertz CT molecular complexity index is 869. The highest BCUT2D eigenvalue weighted by atomic mass is 16.5. The number of ether oxygens (including phenoxy) is 2. The van der Waals surface area contributed by atoms with Crippen molar-refractivity contribution in [3.8, 4) is 11.5 Å². The standard InChI is InChI=1S/C23H31N5O3/c1-17(2)23(18-4-5-19-20(14-18)31-13-3-12-30-19)26-22(29)16-27-8-10-28(11-9-27)21-15-24-6-7-25-21/h4-7,14-15,17,23H,3,8-13,16H2,1-2H3,(H,26,29). The summed E-state index contributed by atoms with van der Waals surface area (Å²) >= 11 is 0. The summed E-state index contributed by atoms with van der Waals surface area (Å²) in [6, 6.07) is 5.90. The summed E-state index contributed by atoms with van der Waals surface area (Å²) in [7, 11) is 0. The van der Waals surface area contributed by atoms with E-state index in [0.717, 1.165) is 55.5 Å². The molecule has 1 aromatic heterocycles. The third-order valence-electron chi connectivity index (χ3n) is 5.73. The van der Waals surface area contributed by atoms with Gasteiger partial charge in [0.2, 0.25) is 5.91 Å². The SMILES string of the molecule is CC(C)C(NC(=O)CN1CCN(c2cnccn2)CC1)c1ccc2c(c1)OCCCO2. The molecule has 8 nitrogen and oxygen atoms in total. The van der Waals surface area contributed by atoms with Gasteiger partial charge in [-0.25, -0.2) is 4.98 Å². The van der Waals surface area contributed by atoms with E-state index < -0.39 is 0 Å². The molecule has 0 radical (unpaired) electrons. The zero-order chi connectivity index (χ0) is 21.6. The maximum atomic E-state index is 12.9. The number of amides is 1. The molecule has 1 amide bonds. The van der Waals surface area contributed by atoms with E-state index in [-0.39, 0.29) is 17.9 Å². The number of benzene rings is 1. The quantitative estimate of drug-likeness (QED) is 0.761. The van der Waals surface area contributed by atoms with E-state index in [2.05, 4.69) is 38.9 Å². The van der Waals surface area contributed by atoms with Crippen LogP contribution >= 0.6 is 0 Å².